The number of rotatable bonds is 5. The summed E-state index contributed by atoms with van der Waals surface area (Å²) in [5.41, 5.74) is 0.650. The molecule has 1 amide bonds. The lowest BCUT2D eigenvalue weighted by molar-refractivity contribution is -0.384. The predicted molar refractivity (Wildman–Crippen MR) is 92.3 cm³/mol. The van der Waals surface area contributed by atoms with Gasteiger partial charge in [-0.25, -0.2) is 0 Å². The molecule has 0 saturated carbocycles. The van der Waals surface area contributed by atoms with Crippen LogP contribution in [-0.4, -0.2) is 30.5 Å². The number of hydrogen-bond acceptors (Lipinski definition) is 4. The Morgan fingerprint density at radius 3 is 2.65 bits per heavy atom. The first-order valence-corrected chi connectivity index (χ1v) is 7.68. The van der Waals surface area contributed by atoms with Gasteiger partial charge in [0.15, 0.2) is 0 Å². The molecule has 0 atom stereocenters. The third-order valence-electron chi connectivity index (χ3n) is 4.12. The number of non-ortho nitro benzene ring substituents is 1. The second-order valence-corrected chi connectivity index (χ2v) is 6.45. The monoisotopic (exact) mass is 361 g/mol. The molecule has 128 valence electrons. The number of piperidine rings is 1. The summed E-state index contributed by atoms with van der Waals surface area (Å²) in [6.07, 6.45) is 2.20. The lowest BCUT2D eigenvalue weighted by Gasteiger charge is -2.34. The first kappa shape index (κ1) is 19.7. The Balaban J connectivity index is 0.00000264. The van der Waals surface area contributed by atoms with Crippen molar-refractivity contribution in [3.05, 3.63) is 38.9 Å². The van der Waals surface area contributed by atoms with E-state index in [2.05, 4.69) is 17.6 Å². The highest BCUT2D eigenvalue weighted by Gasteiger charge is 2.27. The summed E-state index contributed by atoms with van der Waals surface area (Å²) in [7, 11) is 0. The van der Waals surface area contributed by atoms with E-state index in [0.29, 0.717) is 12.1 Å². The largest absolute Gasteiger partial charge is 0.355 e. The lowest BCUT2D eigenvalue weighted by Crippen LogP contribution is -2.43. The number of amides is 1. The number of nitrogens with one attached hydrogen (secondary N) is 2. The molecule has 1 aliphatic heterocycles. The van der Waals surface area contributed by atoms with Gasteiger partial charge in [0.1, 0.15) is 0 Å². The summed E-state index contributed by atoms with van der Waals surface area (Å²) in [6, 6.07) is 4.17. The van der Waals surface area contributed by atoms with E-state index >= 15 is 0 Å². The zero-order valence-corrected chi connectivity index (χ0v) is 14.5. The van der Waals surface area contributed by atoms with Crippen molar-refractivity contribution in [2.75, 3.05) is 19.6 Å². The second-order valence-electron chi connectivity index (χ2n) is 6.05. The lowest BCUT2D eigenvalue weighted by atomic mass is 9.81. The molecule has 1 heterocycles. The SMILES string of the molecule is CC1(CNC(=O)Cc2ccc([N+](=O)[O-])cc2Cl)CCNCC1.Cl. The average Bonchev–Trinajstić information content (AvgIpc) is 2.48. The number of nitrogens with zero attached hydrogens (tertiary/aromatic N) is 1. The highest BCUT2D eigenvalue weighted by Crippen LogP contribution is 2.27. The van der Waals surface area contributed by atoms with Crippen molar-refractivity contribution in [2.24, 2.45) is 5.41 Å². The second kappa shape index (κ2) is 8.47. The minimum Gasteiger partial charge on any atom is -0.355 e. The van der Waals surface area contributed by atoms with Gasteiger partial charge in [-0.2, -0.15) is 0 Å². The van der Waals surface area contributed by atoms with Gasteiger partial charge in [-0.05, 0) is 36.9 Å². The topological polar surface area (TPSA) is 84.3 Å². The zero-order chi connectivity index (χ0) is 16.2. The molecular formula is C15H21Cl2N3O3. The third-order valence-corrected chi connectivity index (χ3v) is 4.47. The molecule has 0 spiro atoms. The number of carbonyl (C=O) groups excluding carboxylic acids is 1. The summed E-state index contributed by atoms with van der Waals surface area (Å²) in [5.74, 6) is -0.115. The van der Waals surface area contributed by atoms with Gasteiger partial charge in [0.25, 0.3) is 5.69 Å². The fourth-order valence-electron chi connectivity index (χ4n) is 2.55. The van der Waals surface area contributed by atoms with E-state index in [1.54, 1.807) is 0 Å². The van der Waals surface area contributed by atoms with Crippen LogP contribution in [-0.2, 0) is 11.2 Å². The van der Waals surface area contributed by atoms with Gasteiger partial charge in [-0.15, -0.1) is 12.4 Å². The van der Waals surface area contributed by atoms with Crippen LogP contribution in [0.15, 0.2) is 18.2 Å². The van der Waals surface area contributed by atoms with E-state index in [9.17, 15) is 14.9 Å². The zero-order valence-electron chi connectivity index (χ0n) is 12.9. The Hall–Kier alpha value is -1.37. The van der Waals surface area contributed by atoms with Gasteiger partial charge in [-0.3, -0.25) is 14.9 Å². The number of hydrogen-bond donors (Lipinski definition) is 2. The molecule has 6 nitrogen and oxygen atoms in total. The number of benzene rings is 1. The summed E-state index contributed by atoms with van der Waals surface area (Å²) >= 11 is 6.00. The molecule has 1 fully saturated rings. The molecule has 0 unspecified atom stereocenters. The number of carbonyl (C=O) groups is 1. The Morgan fingerprint density at radius 2 is 2.09 bits per heavy atom. The fourth-order valence-corrected chi connectivity index (χ4v) is 2.79. The predicted octanol–water partition coefficient (Wildman–Crippen LogP) is 2.72. The standard InChI is InChI=1S/C15H20ClN3O3.ClH/c1-15(4-6-17-7-5-15)10-18-14(20)8-11-2-3-12(19(21)22)9-13(11)16;/h2-3,9,17H,4-8,10H2,1H3,(H,18,20);1H. The maximum Gasteiger partial charge on any atom is 0.270 e. The Labute approximate surface area is 146 Å². The number of nitro groups is 1. The van der Waals surface area contributed by atoms with Crippen LogP contribution in [0.1, 0.15) is 25.3 Å². The first-order valence-electron chi connectivity index (χ1n) is 7.30. The normalized spacial score (nSPS) is 16.3. The van der Waals surface area contributed by atoms with Gasteiger partial charge in [-0.1, -0.05) is 24.6 Å². The maximum atomic E-state index is 12.0. The van der Waals surface area contributed by atoms with Crippen LogP contribution in [0.4, 0.5) is 5.69 Å². The van der Waals surface area contributed by atoms with Crippen molar-refractivity contribution in [1.82, 2.24) is 10.6 Å². The molecule has 0 aliphatic carbocycles. The van der Waals surface area contributed by atoms with Gasteiger partial charge in [0.2, 0.25) is 5.91 Å². The number of nitro benzene ring substituents is 1. The van der Waals surface area contributed by atoms with Crippen LogP contribution in [0.2, 0.25) is 5.02 Å². The van der Waals surface area contributed by atoms with E-state index in [-0.39, 0.29) is 40.9 Å². The van der Waals surface area contributed by atoms with Gasteiger partial charge >= 0.3 is 0 Å². The molecular weight excluding hydrogens is 341 g/mol. The molecule has 0 aromatic heterocycles. The third kappa shape index (κ3) is 5.64. The van der Waals surface area contributed by atoms with E-state index in [1.807, 2.05) is 0 Å². The van der Waals surface area contributed by atoms with Crippen LogP contribution >= 0.6 is 24.0 Å². The molecule has 1 aromatic rings. The maximum absolute atomic E-state index is 12.0. The van der Waals surface area contributed by atoms with E-state index in [0.717, 1.165) is 25.9 Å². The van der Waals surface area contributed by atoms with Crippen LogP contribution in [0.3, 0.4) is 0 Å². The first-order chi connectivity index (χ1) is 10.4. The summed E-state index contributed by atoms with van der Waals surface area (Å²) < 4.78 is 0. The molecule has 2 N–H and O–H groups in total. The quantitative estimate of drug-likeness (QED) is 0.623. The molecule has 8 heteroatoms. The summed E-state index contributed by atoms with van der Waals surface area (Å²) in [6.45, 7) is 4.76. The van der Waals surface area contributed by atoms with Crippen LogP contribution < -0.4 is 10.6 Å². The summed E-state index contributed by atoms with van der Waals surface area (Å²) in [5, 5.41) is 17.2. The Kier molecular flexibility index (Phi) is 7.25. The Bertz CT molecular complexity index is 575. The molecule has 0 radical (unpaired) electrons. The highest BCUT2D eigenvalue weighted by molar-refractivity contribution is 6.31. The van der Waals surface area contributed by atoms with Gasteiger partial charge in [0, 0.05) is 18.7 Å². The summed E-state index contributed by atoms with van der Waals surface area (Å²) in [4.78, 5) is 22.2. The molecule has 23 heavy (non-hydrogen) atoms. The molecule has 1 saturated heterocycles. The van der Waals surface area contributed by atoms with Crippen LogP contribution in [0.25, 0.3) is 0 Å². The molecule has 1 aliphatic rings. The van der Waals surface area contributed by atoms with Gasteiger partial charge in [0.05, 0.1) is 16.4 Å². The van der Waals surface area contributed by atoms with Crippen molar-refractivity contribution < 1.29 is 9.72 Å². The van der Waals surface area contributed by atoms with Crippen LogP contribution in [0, 0.1) is 15.5 Å². The van der Waals surface area contributed by atoms with Crippen molar-refractivity contribution in [2.45, 2.75) is 26.2 Å². The van der Waals surface area contributed by atoms with E-state index in [4.69, 9.17) is 11.6 Å². The Morgan fingerprint density at radius 1 is 1.43 bits per heavy atom. The molecule has 0 bridgehead atoms. The van der Waals surface area contributed by atoms with E-state index < -0.39 is 4.92 Å². The van der Waals surface area contributed by atoms with Gasteiger partial charge < -0.3 is 10.6 Å². The fraction of sp³-hybridized carbons (Fsp3) is 0.533. The van der Waals surface area contributed by atoms with Crippen molar-refractivity contribution in [3.63, 3.8) is 0 Å². The van der Waals surface area contributed by atoms with Crippen molar-refractivity contribution in [1.29, 1.82) is 0 Å². The molecule has 2 rings (SSSR count). The van der Waals surface area contributed by atoms with Crippen LogP contribution in [0.5, 0.6) is 0 Å². The van der Waals surface area contributed by atoms with Crippen molar-refractivity contribution >= 4 is 35.6 Å². The minimum atomic E-state index is -0.506. The van der Waals surface area contributed by atoms with Crippen molar-refractivity contribution in [3.8, 4) is 0 Å². The highest BCUT2D eigenvalue weighted by atomic mass is 35.5. The minimum absolute atomic E-state index is 0. The van der Waals surface area contributed by atoms with E-state index in [1.165, 1.54) is 18.2 Å². The molecule has 1 aromatic carbocycles. The average molecular weight is 362 g/mol. The number of halogens is 2. The smallest absolute Gasteiger partial charge is 0.270 e.